The average Bonchev–Trinajstić information content (AvgIpc) is 3.07. The highest BCUT2D eigenvalue weighted by molar-refractivity contribution is 7.14. The zero-order valence-corrected chi connectivity index (χ0v) is 15.1. The maximum absolute atomic E-state index is 12.0. The Morgan fingerprint density at radius 1 is 1.19 bits per heavy atom. The van der Waals surface area contributed by atoms with E-state index in [1.54, 1.807) is 23.6 Å². The van der Waals surface area contributed by atoms with Gasteiger partial charge in [-0.1, -0.05) is 6.07 Å². The van der Waals surface area contributed by atoms with Gasteiger partial charge in [0.05, 0.1) is 5.56 Å². The number of amides is 2. The third-order valence-corrected chi connectivity index (χ3v) is 4.40. The van der Waals surface area contributed by atoms with E-state index < -0.39 is 24.4 Å². The Bertz CT molecular complexity index is 883. The lowest BCUT2D eigenvalue weighted by Gasteiger charge is -2.08. The maximum atomic E-state index is 12.0. The Morgan fingerprint density at radius 3 is 2.65 bits per heavy atom. The standard InChI is InChI=1S/C18H17N3O4S/c1-11-3-4-13(7-12(11)2)17(24)20-9-16(23)25-10-15(22)21-18-14(8-19)5-6-26-18/h3-7H,9-10H2,1-2H3,(H,20,24)(H,21,22). The molecule has 8 heteroatoms. The normalized spacial score (nSPS) is 9.88. The third kappa shape index (κ3) is 5.16. The largest absolute Gasteiger partial charge is 0.454 e. The highest BCUT2D eigenvalue weighted by Gasteiger charge is 2.13. The number of ether oxygens (including phenoxy) is 1. The number of hydrogen-bond donors (Lipinski definition) is 2. The molecule has 0 aliphatic rings. The number of rotatable bonds is 6. The van der Waals surface area contributed by atoms with E-state index in [4.69, 9.17) is 10.00 Å². The molecule has 2 aromatic rings. The van der Waals surface area contributed by atoms with Crippen LogP contribution in [0.2, 0.25) is 0 Å². The van der Waals surface area contributed by atoms with Crippen molar-refractivity contribution >= 4 is 34.1 Å². The zero-order chi connectivity index (χ0) is 19.1. The van der Waals surface area contributed by atoms with E-state index >= 15 is 0 Å². The Morgan fingerprint density at radius 2 is 1.96 bits per heavy atom. The van der Waals surface area contributed by atoms with E-state index in [1.165, 1.54) is 11.3 Å². The van der Waals surface area contributed by atoms with Crippen molar-refractivity contribution in [2.75, 3.05) is 18.5 Å². The highest BCUT2D eigenvalue weighted by Crippen LogP contribution is 2.21. The van der Waals surface area contributed by atoms with Crippen molar-refractivity contribution in [1.29, 1.82) is 5.26 Å². The number of thiophene rings is 1. The van der Waals surface area contributed by atoms with Gasteiger partial charge >= 0.3 is 5.97 Å². The first-order valence-corrected chi connectivity index (χ1v) is 8.57. The fraction of sp³-hybridized carbons (Fsp3) is 0.222. The summed E-state index contributed by atoms with van der Waals surface area (Å²) in [6.07, 6.45) is 0. The smallest absolute Gasteiger partial charge is 0.325 e. The minimum atomic E-state index is -0.732. The number of carbonyl (C=O) groups excluding carboxylic acids is 3. The molecule has 0 unspecified atom stereocenters. The Balaban J connectivity index is 1.76. The minimum Gasteiger partial charge on any atom is -0.454 e. The van der Waals surface area contributed by atoms with Gasteiger partial charge in [0.25, 0.3) is 11.8 Å². The fourth-order valence-corrected chi connectivity index (χ4v) is 2.74. The van der Waals surface area contributed by atoms with Gasteiger partial charge in [-0.3, -0.25) is 14.4 Å². The van der Waals surface area contributed by atoms with Gasteiger partial charge in [0.15, 0.2) is 6.61 Å². The summed E-state index contributed by atoms with van der Waals surface area (Å²) in [5.74, 6) is -1.69. The molecular formula is C18H17N3O4S. The van der Waals surface area contributed by atoms with E-state index in [0.717, 1.165) is 11.1 Å². The molecule has 1 aromatic heterocycles. The van der Waals surface area contributed by atoms with Gasteiger partial charge in [0, 0.05) is 5.56 Å². The summed E-state index contributed by atoms with van der Waals surface area (Å²) in [5, 5.41) is 15.9. The molecule has 0 atom stereocenters. The molecule has 134 valence electrons. The van der Waals surface area contributed by atoms with E-state index in [0.29, 0.717) is 16.1 Å². The molecule has 0 spiro atoms. The first kappa shape index (κ1) is 19.1. The zero-order valence-electron chi connectivity index (χ0n) is 14.3. The second-order valence-electron chi connectivity index (χ2n) is 5.47. The number of aryl methyl sites for hydroxylation is 2. The highest BCUT2D eigenvalue weighted by atomic mass is 32.1. The van der Waals surface area contributed by atoms with E-state index in [1.807, 2.05) is 26.0 Å². The van der Waals surface area contributed by atoms with Gasteiger partial charge in [-0.05, 0) is 48.6 Å². The topological polar surface area (TPSA) is 108 Å². The first-order chi connectivity index (χ1) is 12.4. The van der Waals surface area contributed by atoms with Crippen LogP contribution in [0.5, 0.6) is 0 Å². The summed E-state index contributed by atoms with van der Waals surface area (Å²) >= 11 is 1.20. The summed E-state index contributed by atoms with van der Waals surface area (Å²) < 4.78 is 4.81. The van der Waals surface area contributed by atoms with Crippen molar-refractivity contribution in [3.8, 4) is 6.07 Å². The lowest BCUT2D eigenvalue weighted by molar-refractivity contribution is -0.146. The summed E-state index contributed by atoms with van der Waals surface area (Å²) in [6.45, 7) is 2.99. The second kappa shape index (κ2) is 8.78. The van der Waals surface area contributed by atoms with Crippen LogP contribution in [-0.4, -0.2) is 30.9 Å². The van der Waals surface area contributed by atoms with Crippen LogP contribution in [-0.2, 0) is 14.3 Å². The van der Waals surface area contributed by atoms with Gasteiger partial charge in [-0.25, -0.2) is 0 Å². The predicted octanol–water partition coefficient (Wildman–Crippen LogP) is 2.15. The van der Waals surface area contributed by atoms with Crippen LogP contribution >= 0.6 is 11.3 Å². The van der Waals surface area contributed by atoms with Crippen LogP contribution in [0.1, 0.15) is 27.0 Å². The van der Waals surface area contributed by atoms with E-state index in [-0.39, 0.29) is 6.54 Å². The van der Waals surface area contributed by atoms with Crippen LogP contribution in [0, 0.1) is 25.2 Å². The maximum Gasteiger partial charge on any atom is 0.325 e. The van der Waals surface area contributed by atoms with Gasteiger partial charge in [-0.2, -0.15) is 5.26 Å². The van der Waals surface area contributed by atoms with E-state index in [2.05, 4.69) is 10.6 Å². The molecule has 2 amide bonds. The molecule has 0 saturated heterocycles. The number of esters is 1. The number of nitriles is 1. The molecule has 1 heterocycles. The lowest BCUT2D eigenvalue weighted by Crippen LogP contribution is -2.32. The molecule has 0 fully saturated rings. The van der Waals surface area contributed by atoms with Crippen LogP contribution in [0.25, 0.3) is 0 Å². The van der Waals surface area contributed by atoms with Crippen LogP contribution in [0.15, 0.2) is 29.6 Å². The third-order valence-electron chi connectivity index (χ3n) is 3.57. The number of benzene rings is 1. The summed E-state index contributed by atoms with van der Waals surface area (Å²) in [5.41, 5.74) is 2.83. The molecule has 1 aromatic carbocycles. The summed E-state index contributed by atoms with van der Waals surface area (Å²) in [4.78, 5) is 35.4. The molecular weight excluding hydrogens is 354 g/mol. The van der Waals surface area contributed by atoms with Crippen molar-refractivity contribution in [2.45, 2.75) is 13.8 Å². The Kier molecular flexibility index (Phi) is 6.47. The quantitative estimate of drug-likeness (QED) is 0.757. The SMILES string of the molecule is Cc1ccc(C(=O)NCC(=O)OCC(=O)Nc2sccc2C#N)cc1C. The van der Waals surface area contributed by atoms with Crippen LogP contribution in [0.4, 0.5) is 5.00 Å². The Labute approximate surface area is 154 Å². The summed E-state index contributed by atoms with van der Waals surface area (Å²) in [6, 6.07) is 8.75. The van der Waals surface area contributed by atoms with E-state index in [9.17, 15) is 14.4 Å². The molecule has 0 aliphatic carbocycles. The molecule has 2 rings (SSSR count). The van der Waals surface area contributed by atoms with Gasteiger partial charge < -0.3 is 15.4 Å². The molecule has 7 nitrogen and oxygen atoms in total. The Hall–Kier alpha value is -3.18. The lowest BCUT2D eigenvalue weighted by atomic mass is 10.1. The monoisotopic (exact) mass is 371 g/mol. The molecule has 2 N–H and O–H groups in total. The number of nitrogens with zero attached hydrogens (tertiary/aromatic N) is 1. The predicted molar refractivity (Wildman–Crippen MR) is 96.9 cm³/mol. The van der Waals surface area contributed by atoms with Gasteiger partial charge in [-0.15, -0.1) is 11.3 Å². The van der Waals surface area contributed by atoms with Gasteiger partial charge in [0.1, 0.15) is 17.6 Å². The molecule has 0 saturated carbocycles. The van der Waals surface area contributed by atoms with Crippen molar-refractivity contribution in [1.82, 2.24) is 5.32 Å². The van der Waals surface area contributed by atoms with Crippen LogP contribution < -0.4 is 10.6 Å². The average molecular weight is 371 g/mol. The van der Waals surface area contributed by atoms with Crippen molar-refractivity contribution in [3.63, 3.8) is 0 Å². The number of anilines is 1. The number of carbonyl (C=O) groups is 3. The molecule has 26 heavy (non-hydrogen) atoms. The fourth-order valence-electron chi connectivity index (χ4n) is 1.99. The summed E-state index contributed by atoms with van der Waals surface area (Å²) in [7, 11) is 0. The number of nitrogens with one attached hydrogen (secondary N) is 2. The first-order valence-electron chi connectivity index (χ1n) is 7.69. The van der Waals surface area contributed by atoms with Gasteiger partial charge in [0.2, 0.25) is 0 Å². The second-order valence-corrected chi connectivity index (χ2v) is 6.38. The molecule has 0 radical (unpaired) electrons. The van der Waals surface area contributed by atoms with Crippen molar-refractivity contribution in [3.05, 3.63) is 51.9 Å². The van der Waals surface area contributed by atoms with Crippen molar-refractivity contribution in [2.24, 2.45) is 0 Å². The minimum absolute atomic E-state index is 0.343. The van der Waals surface area contributed by atoms with Crippen LogP contribution in [0.3, 0.4) is 0 Å². The number of hydrogen-bond acceptors (Lipinski definition) is 6. The molecule has 0 bridgehead atoms. The molecule has 0 aliphatic heterocycles. The van der Waals surface area contributed by atoms with Crippen molar-refractivity contribution < 1.29 is 19.1 Å².